The normalized spacial score (nSPS) is 13.6. The predicted molar refractivity (Wildman–Crippen MR) is 98.6 cm³/mol. The van der Waals surface area contributed by atoms with E-state index in [0.717, 1.165) is 22.3 Å². The molecule has 0 aliphatic heterocycles. The topological polar surface area (TPSA) is 91.2 Å². The van der Waals surface area contributed by atoms with Crippen LogP contribution in [0, 0.1) is 4.78 Å². The van der Waals surface area contributed by atoms with Crippen LogP contribution in [-0.4, -0.2) is 39.7 Å². The second-order valence-electron chi connectivity index (χ2n) is 5.59. The predicted octanol–water partition coefficient (Wildman–Crippen LogP) is 3.26. The van der Waals surface area contributed by atoms with E-state index in [-0.39, 0.29) is 0 Å². The largest absolute Gasteiger partial charge is 0.497 e. The van der Waals surface area contributed by atoms with Crippen LogP contribution in [0.2, 0.25) is 0 Å². The lowest BCUT2D eigenvalue weighted by molar-refractivity contribution is 0.415. The second-order valence-corrected chi connectivity index (χ2v) is 7.85. The first-order chi connectivity index (χ1) is 11.9. The summed E-state index contributed by atoms with van der Waals surface area (Å²) in [5, 5.41) is 4.10. The molecule has 2 N–H and O–H groups in total. The van der Waals surface area contributed by atoms with Crippen LogP contribution in [0.25, 0.3) is 10.9 Å². The van der Waals surface area contributed by atoms with Crippen molar-refractivity contribution in [2.75, 3.05) is 26.5 Å². The minimum atomic E-state index is -2.94. The Labute approximate surface area is 146 Å². The summed E-state index contributed by atoms with van der Waals surface area (Å²) in [5.74, 6) is 1.40. The molecule has 0 spiro atoms. The number of hydrogen-bond donors (Lipinski definition) is 2. The van der Waals surface area contributed by atoms with Crippen molar-refractivity contribution in [1.29, 1.82) is 4.78 Å². The fourth-order valence-electron chi connectivity index (χ4n) is 2.33. The Kier molecular flexibility index (Phi) is 4.56. The summed E-state index contributed by atoms with van der Waals surface area (Å²) in [6.45, 7) is 0. The van der Waals surface area contributed by atoms with E-state index in [9.17, 15) is 4.21 Å². The Morgan fingerprint density at radius 3 is 2.48 bits per heavy atom. The summed E-state index contributed by atoms with van der Waals surface area (Å²) in [6.07, 6.45) is 1.49. The van der Waals surface area contributed by atoms with E-state index in [2.05, 4.69) is 15.3 Å². The Balaban J connectivity index is 1.92. The molecule has 8 heteroatoms. The molecule has 2 aromatic carbocycles. The van der Waals surface area contributed by atoms with Crippen LogP contribution in [0.1, 0.15) is 0 Å². The molecule has 1 aromatic heterocycles. The van der Waals surface area contributed by atoms with Crippen molar-refractivity contribution in [2.24, 2.45) is 0 Å². The maximum atomic E-state index is 12.3. The zero-order chi connectivity index (χ0) is 18.0. The van der Waals surface area contributed by atoms with Crippen LogP contribution in [0.15, 0.2) is 53.7 Å². The van der Waals surface area contributed by atoms with Gasteiger partial charge < -0.3 is 10.1 Å². The zero-order valence-electron chi connectivity index (χ0n) is 14.2. The van der Waals surface area contributed by atoms with Crippen LogP contribution in [0.4, 0.5) is 11.5 Å². The Morgan fingerprint density at radius 1 is 1.12 bits per heavy atom. The maximum Gasteiger partial charge on any atom is 0.141 e. The van der Waals surface area contributed by atoms with E-state index >= 15 is 0 Å². The molecule has 3 aromatic rings. The number of nitrogens with one attached hydrogen (secondary N) is 2. The summed E-state index contributed by atoms with van der Waals surface area (Å²) in [5.41, 5.74) is 1.56. The third-order valence-corrected chi connectivity index (χ3v) is 5.73. The van der Waals surface area contributed by atoms with Gasteiger partial charge in [-0.05, 0) is 36.4 Å². The number of anilines is 2. The fourth-order valence-corrected chi connectivity index (χ4v) is 3.26. The summed E-state index contributed by atoms with van der Waals surface area (Å²) >= 11 is 0. The third-order valence-electron chi connectivity index (χ3n) is 3.79. The van der Waals surface area contributed by atoms with Crippen molar-refractivity contribution < 1.29 is 8.95 Å². The Bertz CT molecular complexity index is 1000. The van der Waals surface area contributed by atoms with E-state index < -0.39 is 9.92 Å². The average molecular weight is 357 g/mol. The molecule has 3 rings (SSSR count). The summed E-state index contributed by atoms with van der Waals surface area (Å²) < 4.78 is 26.9. The number of methoxy groups -OCH3 is 1. The van der Waals surface area contributed by atoms with E-state index in [4.69, 9.17) is 9.52 Å². The minimum absolute atomic E-state index is 0.459. The molecule has 0 aliphatic carbocycles. The number of aromatic nitrogens is 2. The van der Waals surface area contributed by atoms with E-state index in [0.29, 0.717) is 10.7 Å². The number of ether oxygens (including phenoxy) is 1. The second kappa shape index (κ2) is 6.66. The van der Waals surface area contributed by atoms with Gasteiger partial charge in [-0.15, -0.1) is 0 Å². The molecular formula is C17H19N5O2S. The molecule has 0 aliphatic rings. The maximum absolute atomic E-state index is 12.3. The SMILES string of the molecule is COc1ccc2c(Nc3ccc(S(=N)(=O)N(C)C)cc3)ncnc2c1. The molecule has 0 saturated heterocycles. The number of rotatable bonds is 5. The molecule has 0 saturated carbocycles. The third kappa shape index (κ3) is 3.40. The highest BCUT2D eigenvalue weighted by Crippen LogP contribution is 2.26. The van der Waals surface area contributed by atoms with Gasteiger partial charge in [-0.1, -0.05) is 0 Å². The van der Waals surface area contributed by atoms with E-state index in [1.807, 2.05) is 18.2 Å². The van der Waals surface area contributed by atoms with Crippen molar-refractivity contribution in [3.8, 4) is 5.75 Å². The summed E-state index contributed by atoms with van der Waals surface area (Å²) in [4.78, 5) is 9.01. The lowest BCUT2D eigenvalue weighted by Gasteiger charge is -2.15. The molecule has 0 bridgehead atoms. The first kappa shape index (κ1) is 17.1. The van der Waals surface area contributed by atoms with Crippen molar-refractivity contribution in [3.63, 3.8) is 0 Å². The van der Waals surface area contributed by atoms with Crippen molar-refractivity contribution in [3.05, 3.63) is 48.8 Å². The van der Waals surface area contributed by atoms with Crippen LogP contribution < -0.4 is 10.1 Å². The van der Waals surface area contributed by atoms with Gasteiger partial charge in [-0.3, -0.25) is 0 Å². The molecule has 0 radical (unpaired) electrons. The van der Waals surface area contributed by atoms with Gasteiger partial charge in [0.25, 0.3) is 0 Å². The Hall–Kier alpha value is -2.71. The van der Waals surface area contributed by atoms with Gasteiger partial charge in [0.15, 0.2) is 0 Å². The molecule has 0 fully saturated rings. The van der Waals surface area contributed by atoms with Crippen LogP contribution >= 0.6 is 0 Å². The minimum Gasteiger partial charge on any atom is -0.497 e. The summed E-state index contributed by atoms with van der Waals surface area (Å²) in [6, 6.07) is 12.5. The number of fused-ring (bicyclic) bond motifs is 1. The van der Waals surface area contributed by atoms with Crippen LogP contribution in [-0.2, 0) is 9.92 Å². The highest BCUT2D eigenvalue weighted by atomic mass is 32.2. The molecule has 25 heavy (non-hydrogen) atoms. The van der Waals surface area contributed by atoms with E-state index in [1.165, 1.54) is 10.6 Å². The molecule has 7 nitrogen and oxygen atoms in total. The fraction of sp³-hybridized carbons (Fsp3) is 0.176. The van der Waals surface area contributed by atoms with Crippen molar-refractivity contribution in [2.45, 2.75) is 4.90 Å². The highest BCUT2D eigenvalue weighted by Gasteiger charge is 2.12. The van der Waals surface area contributed by atoms with Gasteiger partial charge in [-0.25, -0.2) is 23.3 Å². The van der Waals surface area contributed by atoms with Gasteiger partial charge >= 0.3 is 0 Å². The van der Waals surface area contributed by atoms with Crippen LogP contribution in [0.3, 0.4) is 0 Å². The van der Waals surface area contributed by atoms with Gasteiger partial charge in [0.05, 0.1) is 17.5 Å². The molecule has 130 valence electrons. The smallest absolute Gasteiger partial charge is 0.141 e. The standard InChI is InChI=1S/C17H19N5O2S/c1-22(2)25(18,23)14-7-4-12(5-8-14)21-17-15-9-6-13(24-3)10-16(15)19-11-20-17/h4-11,18H,1-3H3,(H,19,20,21). The molecular weight excluding hydrogens is 338 g/mol. The quantitative estimate of drug-likeness (QED) is 0.731. The molecule has 1 atom stereocenters. The average Bonchev–Trinajstić information content (AvgIpc) is 2.62. The molecule has 1 unspecified atom stereocenters. The lowest BCUT2D eigenvalue weighted by atomic mass is 10.2. The van der Waals surface area contributed by atoms with Gasteiger partial charge in [-0.2, -0.15) is 0 Å². The molecule has 1 heterocycles. The lowest BCUT2D eigenvalue weighted by Crippen LogP contribution is -2.20. The Morgan fingerprint density at radius 2 is 1.84 bits per heavy atom. The highest BCUT2D eigenvalue weighted by molar-refractivity contribution is 7.90. The van der Waals surface area contributed by atoms with E-state index in [1.54, 1.807) is 45.5 Å². The zero-order valence-corrected chi connectivity index (χ0v) is 15.0. The summed E-state index contributed by atoms with van der Waals surface area (Å²) in [7, 11) is 1.92. The van der Waals surface area contributed by atoms with Crippen molar-refractivity contribution >= 4 is 32.3 Å². The first-order valence-corrected chi connectivity index (χ1v) is 9.05. The van der Waals surface area contributed by atoms with Gasteiger partial charge in [0.1, 0.15) is 27.8 Å². The van der Waals surface area contributed by atoms with Crippen molar-refractivity contribution in [1.82, 2.24) is 14.3 Å². The number of hydrogen-bond acceptors (Lipinski definition) is 6. The number of nitrogens with zero attached hydrogens (tertiary/aromatic N) is 3. The van der Waals surface area contributed by atoms with Gasteiger partial charge in [0, 0.05) is 31.2 Å². The monoisotopic (exact) mass is 357 g/mol. The number of benzene rings is 2. The first-order valence-electron chi connectivity index (χ1n) is 7.54. The van der Waals surface area contributed by atoms with Crippen LogP contribution in [0.5, 0.6) is 5.75 Å². The molecule has 0 amide bonds. The van der Waals surface area contributed by atoms with Gasteiger partial charge in [0.2, 0.25) is 0 Å².